The number of thiophene rings is 1. The summed E-state index contributed by atoms with van der Waals surface area (Å²) in [6.45, 7) is 0.761. The van der Waals surface area contributed by atoms with Gasteiger partial charge in [0.15, 0.2) is 0 Å². The Hall–Kier alpha value is -1.88. The molecule has 1 heterocycles. The molecule has 0 bridgehead atoms. The Morgan fingerprint density at radius 3 is 2.57 bits per heavy atom. The maximum atomic E-state index is 12.6. The molecule has 0 fully saturated rings. The number of anilines is 1. The lowest BCUT2D eigenvalue weighted by Crippen LogP contribution is -2.16. The van der Waals surface area contributed by atoms with Crippen molar-refractivity contribution in [1.82, 2.24) is 4.90 Å². The topological polar surface area (TPSA) is 32.3 Å². The fourth-order valence-corrected chi connectivity index (χ4v) is 3.87. The summed E-state index contributed by atoms with van der Waals surface area (Å²) in [5, 5.41) is 4.44. The molecule has 0 atom stereocenters. The molecule has 3 rings (SSSR count). The van der Waals surface area contributed by atoms with Crippen molar-refractivity contribution in [1.29, 1.82) is 0 Å². The van der Waals surface area contributed by atoms with E-state index in [2.05, 4.69) is 10.2 Å². The lowest BCUT2D eigenvalue weighted by Gasteiger charge is -2.14. The van der Waals surface area contributed by atoms with Gasteiger partial charge >= 0.3 is 0 Å². The Kier molecular flexibility index (Phi) is 4.66. The van der Waals surface area contributed by atoms with E-state index in [-0.39, 0.29) is 5.91 Å². The zero-order valence-corrected chi connectivity index (χ0v) is 14.5. The van der Waals surface area contributed by atoms with Crippen molar-refractivity contribution < 1.29 is 4.79 Å². The number of hydrogen-bond acceptors (Lipinski definition) is 3. The molecule has 0 aliphatic carbocycles. The van der Waals surface area contributed by atoms with Crippen LogP contribution in [0.1, 0.15) is 15.2 Å². The Balaban J connectivity index is 1.91. The molecular weight excluding hydrogens is 328 g/mol. The van der Waals surface area contributed by atoms with Gasteiger partial charge in [0, 0.05) is 22.3 Å². The van der Waals surface area contributed by atoms with Crippen molar-refractivity contribution >= 4 is 44.6 Å². The molecule has 1 N–H and O–H groups in total. The van der Waals surface area contributed by atoms with Crippen molar-refractivity contribution in [2.45, 2.75) is 6.54 Å². The standard InChI is InChI=1S/C18H17ClN2OS/c1-21(2)11-12-7-3-5-9-14(12)20-18(22)17-16(19)13-8-4-6-10-15(13)23-17/h3-10H,11H2,1-2H3,(H,20,22). The fraction of sp³-hybridized carbons (Fsp3) is 0.167. The molecule has 0 radical (unpaired) electrons. The summed E-state index contributed by atoms with van der Waals surface area (Å²) in [6.07, 6.45) is 0. The smallest absolute Gasteiger partial charge is 0.267 e. The van der Waals surface area contributed by atoms with Crippen LogP contribution in [0, 0.1) is 0 Å². The van der Waals surface area contributed by atoms with Crippen LogP contribution in [0.2, 0.25) is 5.02 Å². The van der Waals surface area contributed by atoms with E-state index in [4.69, 9.17) is 11.6 Å². The molecule has 0 saturated carbocycles. The first kappa shape index (κ1) is 16.0. The van der Waals surface area contributed by atoms with Crippen LogP contribution in [-0.2, 0) is 6.54 Å². The van der Waals surface area contributed by atoms with Crippen molar-refractivity contribution in [3.8, 4) is 0 Å². The SMILES string of the molecule is CN(C)Cc1ccccc1NC(=O)c1sc2ccccc2c1Cl. The maximum absolute atomic E-state index is 12.6. The van der Waals surface area contributed by atoms with Gasteiger partial charge in [-0.25, -0.2) is 0 Å². The summed E-state index contributed by atoms with van der Waals surface area (Å²) >= 11 is 7.80. The van der Waals surface area contributed by atoms with Gasteiger partial charge in [0.05, 0.1) is 5.02 Å². The lowest BCUT2D eigenvalue weighted by atomic mass is 10.1. The molecule has 0 aliphatic rings. The quantitative estimate of drug-likeness (QED) is 0.732. The van der Waals surface area contributed by atoms with E-state index in [1.807, 2.05) is 62.6 Å². The molecule has 3 aromatic rings. The van der Waals surface area contributed by atoms with Crippen molar-refractivity contribution in [3.05, 3.63) is 64.0 Å². The largest absolute Gasteiger partial charge is 0.321 e. The third-order valence-electron chi connectivity index (χ3n) is 3.49. The first-order chi connectivity index (χ1) is 11.1. The van der Waals surface area contributed by atoms with Crippen LogP contribution in [0.25, 0.3) is 10.1 Å². The van der Waals surface area contributed by atoms with E-state index in [0.717, 1.165) is 27.9 Å². The second-order valence-corrected chi connectivity index (χ2v) is 7.02. The number of benzene rings is 2. The number of hydrogen-bond donors (Lipinski definition) is 1. The van der Waals surface area contributed by atoms with E-state index in [1.165, 1.54) is 11.3 Å². The first-order valence-electron chi connectivity index (χ1n) is 7.27. The van der Waals surface area contributed by atoms with Crippen LogP contribution >= 0.6 is 22.9 Å². The number of fused-ring (bicyclic) bond motifs is 1. The number of halogens is 1. The first-order valence-corrected chi connectivity index (χ1v) is 8.46. The van der Waals surface area contributed by atoms with E-state index in [1.54, 1.807) is 0 Å². The number of amides is 1. The summed E-state index contributed by atoms with van der Waals surface area (Å²) in [4.78, 5) is 15.3. The van der Waals surface area contributed by atoms with E-state index < -0.39 is 0 Å². The second kappa shape index (κ2) is 6.71. The Morgan fingerprint density at radius 2 is 1.83 bits per heavy atom. The Labute approximate surface area is 144 Å². The van der Waals surface area contributed by atoms with Gasteiger partial charge in [-0.05, 0) is 31.8 Å². The molecule has 3 nitrogen and oxygen atoms in total. The van der Waals surface area contributed by atoms with E-state index in [0.29, 0.717) is 9.90 Å². The monoisotopic (exact) mass is 344 g/mol. The lowest BCUT2D eigenvalue weighted by molar-refractivity contribution is 0.103. The average molecular weight is 345 g/mol. The maximum Gasteiger partial charge on any atom is 0.267 e. The molecule has 2 aromatic carbocycles. The number of carbonyl (C=O) groups is 1. The summed E-state index contributed by atoms with van der Waals surface area (Å²) < 4.78 is 1.02. The summed E-state index contributed by atoms with van der Waals surface area (Å²) in [7, 11) is 4.00. The number of carbonyl (C=O) groups excluding carboxylic acids is 1. The van der Waals surface area contributed by atoms with Crippen LogP contribution in [0.5, 0.6) is 0 Å². The molecule has 0 aliphatic heterocycles. The normalized spacial score (nSPS) is 11.1. The second-order valence-electron chi connectivity index (χ2n) is 5.59. The molecule has 0 spiro atoms. The summed E-state index contributed by atoms with van der Waals surface area (Å²) in [5.41, 5.74) is 1.89. The average Bonchev–Trinajstić information content (AvgIpc) is 2.86. The Morgan fingerprint density at radius 1 is 1.13 bits per heavy atom. The van der Waals surface area contributed by atoms with E-state index >= 15 is 0 Å². The molecule has 1 amide bonds. The number of nitrogens with one attached hydrogen (secondary N) is 1. The van der Waals surface area contributed by atoms with E-state index in [9.17, 15) is 4.79 Å². The summed E-state index contributed by atoms with van der Waals surface area (Å²) in [5.74, 6) is -0.164. The third-order valence-corrected chi connectivity index (χ3v) is 5.17. The molecular formula is C18H17ClN2OS. The van der Waals surface area contributed by atoms with Crippen LogP contribution < -0.4 is 5.32 Å². The minimum Gasteiger partial charge on any atom is -0.321 e. The minimum absolute atomic E-state index is 0.164. The van der Waals surface area contributed by atoms with Gasteiger partial charge < -0.3 is 10.2 Å². The number of nitrogens with zero attached hydrogens (tertiary/aromatic N) is 1. The van der Waals surface area contributed by atoms with Crippen molar-refractivity contribution in [2.75, 3.05) is 19.4 Å². The fourth-order valence-electron chi connectivity index (χ4n) is 2.46. The van der Waals surface area contributed by atoms with Crippen molar-refractivity contribution in [2.24, 2.45) is 0 Å². The molecule has 1 aromatic heterocycles. The highest BCUT2D eigenvalue weighted by Crippen LogP contribution is 2.35. The van der Waals surface area contributed by atoms with Gasteiger partial charge in [0.1, 0.15) is 4.88 Å². The highest BCUT2D eigenvalue weighted by atomic mass is 35.5. The molecule has 118 valence electrons. The van der Waals surface area contributed by atoms with Crippen molar-refractivity contribution in [3.63, 3.8) is 0 Å². The molecule has 0 unspecified atom stereocenters. The van der Waals surface area contributed by atoms with Gasteiger partial charge in [0.25, 0.3) is 5.91 Å². The predicted molar refractivity (Wildman–Crippen MR) is 98.6 cm³/mol. The minimum atomic E-state index is -0.164. The zero-order valence-electron chi connectivity index (χ0n) is 13.0. The molecule has 0 saturated heterocycles. The van der Waals surface area contributed by atoms with Crippen LogP contribution in [0.15, 0.2) is 48.5 Å². The van der Waals surface area contributed by atoms with Crippen LogP contribution in [0.3, 0.4) is 0 Å². The number of para-hydroxylation sites is 1. The molecule has 5 heteroatoms. The Bertz CT molecular complexity index is 857. The van der Waals surface area contributed by atoms with Gasteiger partial charge in [-0.1, -0.05) is 48.0 Å². The van der Waals surface area contributed by atoms with Crippen LogP contribution in [0.4, 0.5) is 5.69 Å². The number of rotatable bonds is 4. The zero-order chi connectivity index (χ0) is 16.4. The molecule has 23 heavy (non-hydrogen) atoms. The highest BCUT2D eigenvalue weighted by Gasteiger charge is 2.17. The summed E-state index contributed by atoms with van der Waals surface area (Å²) in [6, 6.07) is 15.6. The van der Waals surface area contributed by atoms with Gasteiger partial charge in [-0.15, -0.1) is 11.3 Å². The van der Waals surface area contributed by atoms with Gasteiger partial charge in [-0.3, -0.25) is 4.79 Å². The van der Waals surface area contributed by atoms with Gasteiger partial charge in [-0.2, -0.15) is 0 Å². The predicted octanol–water partition coefficient (Wildman–Crippen LogP) is 4.87. The highest BCUT2D eigenvalue weighted by molar-refractivity contribution is 7.21. The van der Waals surface area contributed by atoms with Gasteiger partial charge in [0.2, 0.25) is 0 Å². The third kappa shape index (κ3) is 3.39. The van der Waals surface area contributed by atoms with Crippen LogP contribution in [-0.4, -0.2) is 24.9 Å².